The molecular formula is C21H32FNO4. The van der Waals surface area contributed by atoms with E-state index in [9.17, 15) is 14.0 Å². The van der Waals surface area contributed by atoms with Crippen LogP contribution in [0, 0.1) is 11.2 Å². The maximum absolute atomic E-state index is 13.9. The van der Waals surface area contributed by atoms with Crippen molar-refractivity contribution in [2.24, 2.45) is 5.41 Å². The quantitative estimate of drug-likeness (QED) is 0.691. The van der Waals surface area contributed by atoms with E-state index in [2.05, 4.69) is 5.32 Å². The Morgan fingerprint density at radius 3 is 2.15 bits per heavy atom. The third-order valence-electron chi connectivity index (χ3n) is 3.92. The number of anilines is 1. The molecule has 0 fully saturated rings. The predicted octanol–water partition coefficient (Wildman–Crippen LogP) is 5.43. The first kappa shape index (κ1) is 22.9. The number of nitrogens with one attached hydrogen (secondary N) is 1. The van der Waals surface area contributed by atoms with Gasteiger partial charge in [-0.05, 0) is 77.1 Å². The Balaban J connectivity index is 2.94. The highest BCUT2D eigenvalue weighted by atomic mass is 19.1. The zero-order chi connectivity index (χ0) is 21.0. The lowest BCUT2D eigenvalue weighted by molar-refractivity contribution is -0.153. The topological polar surface area (TPSA) is 64.6 Å². The van der Waals surface area contributed by atoms with Gasteiger partial charge in [-0.3, -0.25) is 10.1 Å². The molecule has 6 heteroatoms. The van der Waals surface area contributed by atoms with Crippen molar-refractivity contribution < 1.29 is 23.5 Å². The normalized spacial score (nSPS) is 12.5. The van der Waals surface area contributed by atoms with E-state index in [1.54, 1.807) is 41.5 Å². The van der Waals surface area contributed by atoms with Crippen LogP contribution in [0.15, 0.2) is 18.2 Å². The Morgan fingerprint density at radius 2 is 1.63 bits per heavy atom. The highest BCUT2D eigenvalue weighted by Gasteiger charge is 2.28. The fourth-order valence-corrected chi connectivity index (χ4v) is 2.35. The standard InChI is InChI=1S/C21H32FNO4/c1-19(2,3)17(24)26-12-11-21(7,8)15-13-14(22)9-10-16(15)23-18(25)27-20(4,5)6/h9-10,13H,11-12H2,1-8H3,(H,23,25). The second-order valence-corrected chi connectivity index (χ2v) is 9.34. The zero-order valence-corrected chi connectivity index (χ0v) is 17.7. The zero-order valence-electron chi connectivity index (χ0n) is 17.7. The number of rotatable bonds is 5. The maximum atomic E-state index is 13.9. The van der Waals surface area contributed by atoms with Gasteiger partial charge in [-0.2, -0.15) is 0 Å². The van der Waals surface area contributed by atoms with Gasteiger partial charge in [-0.15, -0.1) is 0 Å². The lowest BCUT2D eigenvalue weighted by Gasteiger charge is -2.29. The van der Waals surface area contributed by atoms with Crippen LogP contribution < -0.4 is 5.32 Å². The molecule has 5 nitrogen and oxygen atoms in total. The average molecular weight is 381 g/mol. The summed E-state index contributed by atoms with van der Waals surface area (Å²) in [6.07, 6.45) is -0.133. The van der Waals surface area contributed by atoms with Gasteiger partial charge in [0.2, 0.25) is 0 Å². The summed E-state index contributed by atoms with van der Waals surface area (Å²) in [6.45, 7) is 14.7. The Bertz CT molecular complexity index is 684. The molecule has 0 unspecified atom stereocenters. The minimum atomic E-state index is -0.638. The summed E-state index contributed by atoms with van der Waals surface area (Å²) in [7, 11) is 0. The van der Waals surface area contributed by atoms with E-state index in [0.717, 1.165) is 0 Å². The van der Waals surface area contributed by atoms with Crippen LogP contribution in [-0.4, -0.2) is 24.3 Å². The molecule has 152 valence electrons. The third kappa shape index (κ3) is 7.57. The maximum Gasteiger partial charge on any atom is 0.412 e. The number of halogens is 1. The van der Waals surface area contributed by atoms with Crippen LogP contribution in [-0.2, 0) is 19.7 Å². The summed E-state index contributed by atoms with van der Waals surface area (Å²) in [6, 6.07) is 4.18. The van der Waals surface area contributed by atoms with Crippen LogP contribution in [0.3, 0.4) is 0 Å². The van der Waals surface area contributed by atoms with Crippen molar-refractivity contribution in [1.29, 1.82) is 0 Å². The van der Waals surface area contributed by atoms with Crippen LogP contribution in [0.4, 0.5) is 14.9 Å². The molecule has 0 saturated heterocycles. The van der Waals surface area contributed by atoms with E-state index in [1.807, 2.05) is 13.8 Å². The van der Waals surface area contributed by atoms with E-state index >= 15 is 0 Å². The summed E-state index contributed by atoms with van der Waals surface area (Å²) < 4.78 is 24.5. The highest BCUT2D eigenvalue weighted by molar-refractivity contribution is 5.86. The molecule has 1 amide bonds. The number of carbonyl (C=O) groups is 2. The first-order valence-corrected chi connectivity index (χ1v) is 9.09. The van der Waals surface area contributed by atoms with Gasteiger partial charge in [0.25, 0.3) is 0 Å². The molecule has 0 aliphatic rings. The Kier molecular flexibility index (Phi) is 7.03. The number of amides is 1. The minimum absolute atomic E-state index is 0.200. The number of ether oxygens (including phenoxy) is 2. The van der Waals surface area contributed by atoms with Crippen LogP contribution in [0.5, 0.6) is 0 Å². The highest BCUT2D eigenvalue weighted by Crippen LogP contribution is 2.34. The molecule has 0 saturated carbocycles. The number of carbonyl (C=O) groups excluding carboxylic acids is 2. The minimum Gasteiger partial charge on any atom is -0.465 e. The molecule has 0 aliphatic heterocycles. The molecule has 0 spiro atoms. The summed E-state index contributed by atoms with van der Waals surface area (Å²) in [5, 5.41) is 2.69. The molecule has 0 atom stereocenters. The molecule has 1 aromatic rings. The molecule has 0 aliphatic carbocycles. The number of hydrogen-bond donors (Lipinski definition) is 1. The van der Waals surface area contributed by atoms with E-state index < -0.39 is 28.3 Å². The van der Waals surface area contributed by atoms with Crippen LogP contribution >= 0.6 is 0 Å². The van der Waals surface area contributed by atoms with Gasteiger partial charge >= 0.3 is 12.1 Å². The Morgan fingerprint density at radius 1 is 1.04 bits per heavy atom. The molecule has 1 aromatic carbocycles. The summed E-state index contributed by atoms with van der Waals surface area (Å²) in [4.78, 5) is 24.0. The summed E-state index contributed by atoms with van der Waals surface area (Å²) >= 11 is 0. The van der Waals surface area contributed by atoms with Crippen molar-refractivity contribution in [2.75, 3.05) is 11.9 Å². The Labute approximate surface area is 161 Å². The lowest BCUT2D eigenvalue weighted by atomic mass is 9.80. The lowest BCUT2D eigenvalue weighted by Crippen LogP contribution is -2.29. The van der Waals surface area contributed by atoms with Crippen LogP contribution in [0.1, 0.15) is 67.4 Å². The molecule has 0 aromatic heterocycles. The van der Waals surface area contributed by atoms with Gasteiger partial charge in [0.1, 0.15) is 11.4 Å². The fourth-order valence-electron chi connectivity index (χ4n) is 2.35. The molecular weight excluding hydrogens is 349 g/mol. The van der Waals surface area contributed by atoms with E-state index in [0.29, 0.717) is 17.7 Å². The molecule has 0 bridgehead atoms. The van der Waals surface area contributed by atoms with Crippen molar-refractivity contribution in [1.82, 2.24) is 0 Å². The number of hydrogen-bond acceptors (Lipinski definition) is 4. The van der Waals surface area contributed by atoms with Crippen molar-refractivity contribution in [2.45, 2.75) is 72.8 Å². The number of esters is 1. The van der Waals surface area contributed by atoms with Crippen molar-refractivity contribution >= 4 is 17.7 Å². The molecule has 27 heavy (non-hydrogen) atoms. The second kappa shape index (κ2) is 8.28. The van der Waals surface area contributed by atoms with E-state index in [4.69, 9.17) is 9.47 Å². The smallest absolute Gasteiger partial charge is 0.412 e. The first-order chi connectivity index (χ1) is 12.1. The van der Waals surface area contributed by atoms with Gasteiger partial charge in [-0.25, -0.2) is 9.18 Å². The monoisotopic (exact) mass is 381 g/mol. The number of benzene rings is 1. The third-order valence-corrected chi connectivity index (χ3v) is 3.92. The molecule has 0 heterocycles. The van der Waals surface area contributed by atoms with Crippen LogP contribution in [0.25, 0.3) is 0 Å². The summed E-state index contributed by atoms with van der Waals surface area (Å²) in [5.74, 6) is -0.691. The van der Waals surface area contributed by atoms with Gasteiger partial charge < -0.3 is 9.47 Å². The largest absolute Gasteiger partial charge is 0.465 e. The first-order valence-electron chi connectivity index (χ1n) is 9.09. The van der Waals surface area contributed by atoms with Crippen molar-refractivity contribution in [3.8, 4) is 0 Å². The summed E-state index contributed by atoms with van der Waals surface area (Å²) in [5.41, 5.74) is -0.671. The Hall–Kier alpha value is -2.11. The fraction of sp³-hybridized carbons (Fsp3) is 0.619. The van der Waals surface area contributed by atoms with E-state index in [1.165, 1.54) is 18.2 Å². The van der Waals surface area contributed by atoms with Gasteiger partial charge in [0, 0.05) is 5.69 Å². The van der Waals surface area contributed by atoms with Gasteiger partial charge in [-0.1, -0.05) is 13.8 Å². The van der Waals surface area contributed by atoms with Crippen molar-refractivity contribution in [3.63, 3.8) is 0 Å². The predicted molar refractivity (Wildman–Crippen MR) is 104 cm³/mol. The van der Waals surface area contributed by atoms with Gasteiger partial charge in [0.05, 0.1) is 12.0 Å². The molecule has 0 radical (unpaired) electrons. The van der Waals surface area contributed by atoms with Crippen LogP contribution in [0.2, 0.25) is 0 Å². The second-order valence-electron chi connectivity index (χ2n) is 9.34. The SMILES string of the molecule is CC(C)(C)OC(=O)Nc1ccc(F)cc1C(C)(C)CCOC(=O)C(C)(C)C. The molecule has 1 N–H and O–H groups in total. The van der Waals surface area contributed by atoms with E-state index in [-0.39, 0.29) is 12.6 Å². The average Bonchev–Trinajstić information content (AvgIpc) is 2.45. The van der Waals surface area contributed by atoms with Gasteiger partial charge in [0.15, 0.2) is 0 Å². The van der Waals surface area contributed by atoms with Crippen molar-refractivity contribution in [3.05, 3.63) is 29.6 Å². The molecule has 1 rings (SSSR count).